The number of aliphatic hydroxyl groups excluding tert-OH is 1. The van der Waals surface area contributed by atoms with Crippen LogP contribution in [0.15, 0.2) is 0 Å². The highest BCUT2D eigenvalue weighted by Gasteiger charge is 2.17. The van der Waals surface area contributed by atoms with Crippen molar-refractivity contribution < 1.29 is 9.84 Å². The number of aliphatic hydroxyl groups is 1. The van der Waals surface area contributed by atoms with Crippen LogP contribution in [0.5, 0.6) is 0 Å². The molecule has 0 bridgehead atoms. The first-order chi connectivity index (χ1) is 7.97. The summed E-state index contributed by atoms with van der Waals surface area (Å²) in [7, 11) is 0. The summed E-state index contributed by atoms with van der Waals surface area (Å²) in [6, 6.07) is 0. The van der Waals surface area contributed by atoms with Crippen LogP contribution in [-0.2, 0) is 4.74 Å². The molecule has 0 aromatic rings. The molecule has 1 aliphatic heterocycles. The average molecular weight is 242 g/mol. The second kappa shape index (κ2) is 7.38. The van der Waals surface area contributed by atoms with Crippen LogP contribution in [0.1, 0.15) is 65.7 Å². The van der Waals surface area contributed by atoms with E-state index in [1.807, 2.05) is 0 Å². The van der Waals surface area contributed by atoms with E-state index in [0.717, 1.165) is 32.0 Å². The van der Waals surface area contributed by atoms with Gasteiger partial charge in [0.15, 0.2) is 0 Å². The summed E-state index contributed by atoms with van der Waals surface area (Å²) >= 11 is 0. The van der Waals surface area contributed by atoms with Gasteiger partial charge in [0.05, 0.1) is 6.10 Å². The summed E-state index contributed by atoms with van der Waals surface area (Å²) in [5.74, 6) is 0.878. The minimum atomic E-state index is -0.107. The van der Waals surface area contributed by atoms with E-state index in [1.54, 1.807) is 0 Å². The average Bonchev–Trinajstić information content (AvgIpc) is 2.23. The molecular formula is C15H30O2. The maximum absolute atomic E-state index is 9.90. The number of ether oxygens (including phenoxy) is 1. The van der Waals surface area contributed by atoms with Gasteiger partial charge in [0, 0.05) is 13.2 Å². The monoisotopic (exact) mass is 242 g/mol. The third-order valence-electron chi connectivity index (χ3n) is 3.59. The predicted molar refractivity (Wildman–Crippen MR) is 72.1 cm³/mol. The molecule has 17 heavy (non-hydrogen) atoms. The van der Waals surface area contributed by atoms with Gasteiger partial charge in [0.1, 0.15) is 0 Å². The molecule has 2 nitrogen and oxygen atoms in total. The van der Waals surface area contributed by atoms with Gasteiger partial charge < -0.3 is 9.84 Å². The van der Waals surface area contributed by atoms with Crippen LogP contribution < -0.4 is 0 Å². The van der Waals surface area contributed by atoms with Crippen LogP contribution in [-0.4, -0.2) is 24.4 Å². The van der Waals surface area contributed by atoms with Crippen LogP contribution in [0.25, 0.3) is 0 Å². The van der Waals surface area contributed by atoms with Crippen molar-refractivity contribution in [1.29, 1.82) is 0 Å². The molecule has 1 N–H and O–H groups in total. The molecule has 0 aromatic carbocycles. The van der Waals surface area contributed by atoms with E-state index >= 15 is 0 Å². The highest BCUT2D eigenvalue weighted by Crippen LogP contribution is 2.25. The van der Waals surface area contributed by atoms with Gasteiger partial charge in [0.25, 0.3) is 0 Å². The Morgan fingerprint density at radius 2 is 1.82 bits per heavy atom. The third kappa shape index (κ3) is 7.77. The van der Waals surface area contributed by atoms with E-state index in [-0.39, 0.29) is 11.5 Å². The Hall–Kier alpha value is -0.0800. The van der Waals surface area contributed by atoms with Gasteiger partial charge in [0.2, 0.25) is 0 Å². The van der Waals surface area contributed by atoms with Gasteiger partial charge in [-0.05, 0) is 37.0 Å². The molecule has 0 amide bonds. The summed E-state index contributed by atoms with van der Waals surface area (Å²) in [6.07, 6.45) is 8.04. The molecule has 2 heteroatoms. The van der Waals surface area contributed by atoms with Gasteiger partial charge in [-0.25, -0.2) is 0 Å². The Morgan fingerprint density at radius 3 is 2.41 bits per heavy atom. The quantitative estimate of drug-likeness (QED) is 0.718. The zero-order valence-corrected chi connectivity index (χ0v) is 11.9. The first-order valence-corrected chi connectivity index (χ1v) is 7.23. The van der Waals surface area contributed by atoms with Crippen molar-refractivity contribution in [2.24, 2.45) is 11.3 Å². The largest absolute Gasteiger partial charge is 0.393 e. The minimum Gasteiger partial charge on any atom is -0.393 e. The third-order valence-corrected chi connectivity index (χ3v) is 3.59. The molecular weight excluding hydrogens is 212 g/mol. The first-order valence-electron chi connectivity index (χ1n) is 7.23. The van der Waals surface area contributed by atoms with Crippen LogP contribution >= 0.6 is 0 Å². The van der Waals surface area contributed by atoms with Crippen LogP contribution in [0, 0.1) is 11.3 Å². The molecule has 102 valence electrons. The second-order valence-electron chi connectivity index (χ2n) is 6.76. The molecule has 0 aliphatic carbocycles. The van der Waals surface area contributed by atoms with Gasteiger partial charge in [-0.2, -0.15) is 0 Å². The molecule has 0 spiro atoms. The SMILES string of the molecule is CC(C)(C)CC(O)CCCCC1CCOCC1. The summed E-state index contributed by atoms with van der Waals surface area (Å²) < 4.78 is 5.36. The Kier molecular flexibility index (Phi) is 6.50. The highest BCUT2D eigenvalue weighted by molar-refractivity contribution is 4.69. The summed E-state index contributed by atoms with van der Waals surface area (Å²) in [5, 5.41) is 9.90. The Labute approximate surface area is 107 Å². The van der Waals surface area contributed by atoms with Crippen LogP contribution in [0.3, 0.4) is 0 Å². The van der Waals surface area contributed by atoms with Crippen molar-refractivity contribution in [3.8, 4) is 0 Å². The van der Waals surface area contributed by atoms with Gasteiger partial charge in [-0.1, -0.05) is 40.0 Å². The number of rotatable bonds is 6. The topological polar surface area (TPSA) is 29.5 Å². The van der Waals surface area contributed by atoms with E-state index in [1.165, 1.54) is 32.1 Å². The summed E-state index contributed by atoms with van der Waals surface area (Å²) in [5.41, 5.74) is 0.250. The van der Waals surface area contributed by atoms with E-state index in [9.17, 15) is 5.11 Å². The smallest absolute Gasteiger partial charge is 0.0545 e. The van der Waals surface area contributed by atoms with E-state index in [4.69, 9.17) is 4.74 Å². The van der Waals surface area contributed by atoms with Gasteiger partial charge in [-0.15, -0.1) is 0 Å². The zero-order chi connectivity index (χ0) is 12.7. The molecule has 1 unspecified atom stereocenters. The lowest BCUT2D eigenvalue weighted by atomic mass is 9.87. The van der Waals surface area contributed by atoms with Gasteiger partial charge >= 0.3 is 0 Å². The summed E-state index contributed by atoms with van der Waals surface area (Å²) in [4.78, 5) is 0. The van der Waals surface area contributed by atoms with Crippen molar-refractivity contribution >= 4 is 0 Å². The van der Waals surface area contributed by atoms with E-state index in [2.05, 4.69) is 20.8 Å². The molecule has 0 aromatic heterocycles. The molecule has 0 saturated carbocycles. The van der Waals surface area contributed by atoms with Crippen molar-refractivity contribution in [2.45, 2.75) is 71.8 Å². The van der Waals surface area contributed by atoms with Crippen LogP contribution in [0.4, 0.5) is 0 Å². The molecule has 1 fully saturated rings. The Balaban J connectivity index is 1.99. The number of unbranched alkanes of at least 4 members (excludes halogenated alkanes) is 1. The fourth-order valence-corrected chi connectivity index (χ4v) is 2.66. The molecule has 1 rings (SSSR count). The van der Waals surface area contributed by atoms with Crippen molar-refractivity contribution in [1.82, 2.24) is 0 Å². The van der Waals surface area contributed by atoms with Crippen molar-refractivity contribution in [3.63, 3.8) is 0 Å². The molecule has 1 aliphatic rings. The molecule has 1 saturated heterocycles. The standard InChI is InChI=1S/C15H30O2/c1-15(2,3)12-14(16)7-5-4-6-13-8-10-17-11-9-13/h13-14,16H,4-12H2,1-3H3. The summed E-state index contributed by atoms with van der Waals surface area (Å²) in [6.45, 7) is 8.49. The Morgan fingerprint density at radius 1 is 1.18 bits per heavy atom. The maximum Gasteiger partial charge on any atom is 0.0545 e. The fraction of sp³-hybridized carbons (Fsp3) is 1.00. The number of hydrogen-bond acceptors (Lipinski definition) is 2. The van der Waals surface area contributed by atoms with Crippen molar-refractivity contribution in [3.05, 3.63) is 0 Å². The minimum absolute atomic E-state index is 0.107. The lowest BCUT2D eigenvalue weighted by molar-refractivity contribution is 0.0620. The number of hydrogen-bond donors (Lipinski definition) is 1. The Bertz CT molecular complexity index is 190. The van der Waals surface area contributed by atoms with Crippen molar-refractivity contribution in [2.75, 3.05) is 13.2 Å². The molecule has 1 heterocycles. The lowest BCUT2D eigenvalue weighted by Gasteiger charge is -2.23. The molecule has 0 radical (unpaired) electrons. The van der Waals surface area contributed by atoms with E-state index < -0.39 is 0 Å². The predicted octanol–water partition coefficient (Wildman–Crippen LogP) is 3.77. The van der Waals surface area contributed by atoms with E-state index in [0.29, 0.717) is 0 Å². The lowest BCUT2D eigenvalue weighted by Crippen LogP contribution is -2.18. The second-order valence-corrected chi connectivity index (χ2v) is 6.76. The maximum atomic E-state index is 9.90. The molecule has 1 atom stereocenters. The van der Waals surface area contributed by atoms with Crippen LogP contribution in [0.2, 0.25) is 0 Å². The van der Waals surface area contributed by atoms with Gasteiger partial charge in [-0.3, -0.25) is 0 Å². The zero-order valence-electron chi connectivity index (χ0n) is 11.9. The highest BCUT2D eigenvalue weighted by atomic mass is 16.5. The fourth-order valence-electron chi connectivity index (χ4n) is 2.66. The normalized spacial score (nSPS) is 20.5. The first kappa shape index (κ1) is 15.0.